The van der Waals surface area contributed by atoms with Crippen LogP contribution in [0.5, 0.6) is 0 Å². The van der Waals surface area contributed by atoms with E-state index < -0.39 is 0 Å². The molecule has 2 nitrogen and oxygen atoms in total. The molecule has 0 spiro atoms. The third kappa shape index (κ3) is 6.82. The molecule has 1 N–H and O–H groups in total. The number of hydrogen-bond donors (Lipinski definition) is 1. The van der Waals surface area contributed by atoms with E-state index >= 15 is 0 Å². The summed E-state index contributed by atoms with van der Waals surface area (Å²) in [5.41, 5.74) is 1.15. The Balaban J connectivity index is 2.53. The largest absolute Gasteiger partial charge is 0.382 e. The lowest BCUT2D eigenvalue weighted by atomic mass is 10.0. The summed E-state index contributed by atoms with van der Waals surface area (Å²) in [4.78, 5) is 0. The molecule has 20 heavy (non-hydrogen) atoms. The van der Waals surface area contributed by atoms with Crippen LogP contribution in [-0.2, 0) is 11.2 Å². The highest BCUT2D eigenvalue weighted by Gasteiger charge is 2.11. The summed E-state index contributed by atoms with van der Waals surface area (Å²) >= 11 is 3.44. The van der Waals surface area contributed by atoms with Crippen molar-refractivity contribution in [1.82, 2.24) is 5.32 Å². The van der Waals surface area contributed by atoms with Crippen molar-refractivity contribution in [1.29, 1.82) is 0 Å². The van der Waals surface area contributed by atoms with Crippen molar-refractivity contribution >= 4 is 15.9 Å². The van der Waals surface area contributed by atoms with Gasteiger partial charge in [0.2, 0.25) is 0 Å². The summed E-state index contributed by atoms with van der Waals surface area (Å²) in [6.45, 7) is 6.78. The Kier molecular flexibility index (Phi) is 9.07. The minimum Gasteiger partial charge on any atom is -0.382 e. The van der Waals surface area contributed by atoms with Gasteiger partial charge in [0.25, 0.3) is 0 Å². The number of halogens is 2. The number of nitrogens with one attached hydrogen (secondary N) is 1. The Labute approximate surface area is 130 Å². The maximum atomic E-state index is 13.1. The predicted molar refractivity (Wildman–Crippen MR) is 85.6 cm³/mol. The van der Waals surface area contributed by atoms with Crippen LogP contribution < -0.4 is 5.32 Å². The molecule has 0 saturated carbocycles. The molecular weight excluding hydrogens is 321 g/mol. The second-order valence-corrected chi connectivity index (χ2v) is 5.78. The van der Waals surface area contributed by atoms with Crippen LogP contribution in [0.1, 0.15) is 38.7 Å². The molecule has 1 atom stereocenters. The molecule has 0 radical (unpaired) electrons. The van der Waals surface area contributed by atoms with E-state index in [0.717, 1.165) is 55.5 Å². The van der Waals surface area contributed by atoms with Crippen LogP contribution in [0.3, 0.4) is 0 Å². The average Bonchev–Trinajstić information content (AvgIpc) is 2.43. The minimum absolute atomic E-state index is 0.199. The van der Waals surface area contributed by atoms with Gasteiger partial charge in [0.1, 0.15) is 5.82 Å². The summed E-state index contributed by atoms with van der Waals surface area (Å²) in [5, 5.41) is 3.57. The van der Waals surface area contributed by atoms with Gasteiger partial charge in [0.15, 0.2) is 0 Å². The van der Waals surface area contributed by atoms with Gasteiger partial charge >= 0.3 is 0 Å². The Morgan fingerprint density at radius 1 is 1.35 bits per heavy atom. The van der Waals surface area contributed by atoms with Crippen LogP contribution in [0.2, 0.25) is 0 Å². The van der Waals surface area contributed by atoms with Crippen LogP contribution >= 0.6 is 15.9 Å². The van der Waals surface area contributed by atoms with Crippen molar-refractivity contribution in [3.05, 3.63) is 34.1 Å². The van der Waals surface area contributed by atoms with Crippen molar-refractivity contribution in [2.45, 2.75) is 45.6 Å². The lowest BCUT2D eigenvalue weighted by Crippen LogP contribution is -2.32. The van der Waals surface area contributed by atoms with Crippen molar-refractivity contribution in [3.63, 3.8) is 0 Å². The molecule has 0 aliphatic carbocycles. The SMILES string of the molecule is CCCNC(CCCOCC)Cc1ccc(F)cc1Br. The highest BCUT2D eigenvalue weighted by molar-refractivity contribution is 9.10. The molecule has 0 fully saturated rings. The molecule has 1 aromatic carbocycles. The molecule has 114 valence electrons. The highest BCUT2D eigenvalue weighted by Crippen LogP contribution is 2.20. The molecule has 1 unspecified atom stereocenters. The molecular formula is C16H25BrFNO. The third-order valence-electron chi connectivity index (χ3n) is 3.21. The topological polar surface area (TPSA) is 21.3 Å². The van der Waals surface area contributed by atoms with Gasteiger partial charge in [-0.05, 0) is 56.8 Å². The first-order chi connectivity index (χ1) is 9.67. The second kappa shape index (κ2) is 10.3. The Bertz CT molecular complexity index is 387. The number of benzene rings is 1. The maximum absolute atomic E-state index is 13.1. The molecule has 1 rings (SSSR count). The lowest BCUT2D eigenvalue weighted by molar-refractivity contribution is 0.140. The minimum atomic E-state index is -0.199. The number of hydrogen-bond acceptors (Lipinski definition) is 2. The first kappa shape index (κ1) is 17.6. The normalized spacial score (nSPS) is 12.6. The zero-order valence-electron chi connectivity index (χ0n) is 12.4. The molecule has 0 amide bonds. The Morgan fingerprint density at radius 2 is 2.15 bits per heavy atom. The van der Waals surface area contributed by atoms with Gasteiger partial charge in [-0.15, -0.1) is 0 Å². The van der Waals surface area contributed by atoms with Crippen LogP contribution in [-0.4, -0.2) is 25.8 Å². The summed E-state index contributed by atoms with van der Waals surface area (Å²) < 4.78 is 19.4. The van der Waals surface area contributed by atoms with Gasteiger partial charge in [-0.1, -0.05) is 28.9 Å². The van der Waals surface area contributed by atoms with Gasteiger partial charge in [-0.2, -0.15) is 0 Å². The monoisotopic (exact) mass is 345 g/mol. The van der Waals surface area contributed by atoms with Crippen LogP contribution in [0.25, 0.3) is 0 Å². The number of rotatable bonds is 10. The van der Waals surface area contributed by atoms with E-state index in [9.17, 15) is 4.39 Å². The molecule has 0 heterocycles. The quantitative estimate of drug-likeness (QED) is 0.637. The molecule has 0 aromatic heterocycles. The molecule has 0 aliphatic rings. The zero-order chi connectivity index (χ0) is 14.8. The number of ether oxygens (including phenoxy) is 1. The smallest absolute Gasteiger partial charge is 0.124 e. The second-order valence-electron chi connectivity index (χ2n) is 4.93. The fourth-order valence-corrected chi connectivity index (χ4v) is 2.67. The predicted octanol–water partition coefficient (Wildman–Crippen LogP) is 4.32. The van der Waals surface area contributed by atoms with E-state index in [2.05, 4.69) is 28.2 Å². The lowest BCUT2D eigenvalue weighted by Gasteiger charge is -2.19. The van der Waals surface area contributed by atoms with Gasteiger partial charge in [-0.3, -0.25) is 0 Å². The van der Waals surface area contributed by atoms with Crippen LogP contribution in [0, 0.1) is 5.82 Å². The first-order valence-electron chi connectivity index (χ1n) is 7.42. The Hall–Kier alpha value is -0.450. The van der Waals surface area contributed by atoms with E-state index in [1.54, 1.807) is 0 Å². The molecule has 0 bridgehead atoms. The standard InChI is InChI=1S/C16H25BrFNO/c1-3-9-19-15(6-5-10-20-4-2)11-13-7-8-14(18)12-16(13)17/h7-8,12,15,19H,3-6,9-11H2,1-2H3. The van der Waals surface area contributed by atoms with Crippen LogP contribution in [0.15, 0.2) is 22.7 Å². The Morgan fingerprint density at radius 3 is 2.80 bits per heavy atom. The fourth-order valence-electron chi connectivity index (χ4n) is 2.15. The molecule has 0 saturated heterocycles. The van der Waals surface area contributed by atoms with Crippen molar-refractivity contribution < 1.29 is 9.13 Å². The van der Waals surface area contributed by atoms with Gasteiger partial charge in [-0.25, -0.2) is 4.39 Å². The van der Waals surface area contributed by atoms with Gasteiger partial charge in [0.05, 0.1) is 0 Å². The highest BCUT2D eigenvalue weighted by atomic mass is 79.9. The van der Waals surface area contributed by atoms with E-state index in [1.165, 1.54) is 12.1 Å². The van der Waals surface area contributed by atoms with E-state index in [-0.39, 0.29) is 5.82 Å². The van der Waals surface area contributed by atoms with Gasteiger partial charge < -0.3 is 10.1 Å². The molecule has 1 aromatic rings. The zero-order valence-corrected chi connectivity index (χ0v) is 14.0. The van der Waals surface area contributed by atoms with Crippen molar-refractivity contribution in [2.24, 2.45) is 0 Å². The third-order valence-corrected chi connectivity index (χ3v) is 3.95. The van der Waals surface area contributed by atoms with Crippen molar-refractivity contribution in [2.75, 3.05) is 19.8 Å². The fraction of sp³-hybridized carbons (Fsp3) is 0.625. The first-order valence-corrected chi connectivity index (χ1v) is 8.21. The summed E-state index contributed by atoms with van der Waals surface area (Å²) in [7, 11) is 0. The van der Waals surface area contributed by atoms with Gasteiger partial charge in [0, 0.05) is 23.7 Å². The average molecular weight is 346 g/mol. The maximum Gasteiger partial charge on any atom is 0.124 e. The van der Waals surface area contributed by atoms with E-state index in [0.29, 0.717) is 6.04 Å². The summed E-state index contributed by atoms with van der Waals surface area (Å²) in [6.07, 6.45) is 4.15. The summed E-state index contributed by atoms with van der Waals surface area (Å²) in [5.74, 6) is -0.199. The van der Waals surface area contributed by atoms with Crippen molar-refractivity contribution in [3.8, 4) is 0 Å². The van der Waals surface area contributed by atoms with E-state index in [4.69, 9.17) is 4.74 Å². The van der Waals surface area contributed by atoms with Crippen LogP contribution in [0.4, 0.5) is 4.39 Å². The molecule has 0 aliphatic heterocycles. The molecule has 4 heteroatoms. The van der Waals surface area contributed by atoms with E-state index in [1.807, 2.05) is 13.0 Å². The summed E-state index contributed by atoms with van der Waals surface area (Å²) in [6, 6.07) is 5.34.